The SMILES string of the molecule is CN(Cc1nc2ccccc2c(=O)[nH]1)c1ccccc1-c1ccccc1. The second-order valence-corrected chi connectivity index (χ2v) is 6.27. The summed E-state index contributed by atoms with van der Waals surface area (Å²) in [6.07, 6.45) is 0. The number of aromatic amines is 1. The molecule has 0 radical (unpaired) electrons. The van der Waals surface area contributed by atoms with Gasteiger partial charge in [-0.3, -0.25) is 4.79 Å². The normalized spacial score (nSPS) is 10.8. The fourth-order valence-electron chi connectivity index (χ4n) is 3.19. The van der Waals surface area contributed by atoms with Crippen molar-refractivity contribution in [3.05, 3.63) is 95.0 Å². The molecule has 128 valence electrons. The summed E-state index contributed by atoms with van der Waals surface area (Å²) in [6.45, 7) is 0.518. The number of anilines is 1. The maximum Gasteiger partial charge on any atom is 0.258 e. The summed E-state index contributed by atoms with van der Waals surface area (Å²) in [5.74, 6) is 0.652. The van der Waals surface area contributed by atoms with E-state index in [2.05, 4.69) is 39.1 Å². The third-order valence-electron chi connectivity index (χ3n) is 4.45. The highest BCUT2D eigenvalue weighted by Crippen LogP contribution is 2.30. The lowest BCUT2D eigenvalue weighted by molar-refractivity contribution is 0.841. The van der Waals surface area contributed by atoms with Gasteiger partial charge in [-0.15, -0.1) is 0 Å². The number of para-hydroxylation sites is 2. The van der Waals surface area contributed by atoms with Gasteiger partial charge in [0.15, 0.2) is 0 Å². The van der Waals surface area contributed by atoms with Crippen molar-refractivity contribution in [2.24, 2.45) is 0 Å². The fourth-order valence-corrected chi connectivity index (χ4v) is 3.19. The van der Waals surface area contributed by atoms with Gasteiger partial charge in [0.05, 0.1) is 17.4 Å². The first-order valence-electron chi connectivity index (χ1n) is 8.56. The van der Waals surface area contributed by atoms with E-state index in [9.17, 15) is 4.79 Å². The zero-order valence-electron chi connectivity index (χ0n) is 14.5. The molecule has 0 unspecified atom stereocenters. The van der Waals surface area contributed by atoms with Crippen molar-refractivity contribution in [1.82, 2.24) is 9.97 Å². The second kappa shape index (κ2) is 6.84. The molecular formula is C22H19N3O. The molecule has 0 aliphatic heterocycles. The Hall–Kier alpha value is -3.40. The molecule has 0 bridgehead atoms. The van der Waals surface area contributed by atoms with Crippen molar-refractivity contribution in [2.75, 3.05) is 11.9 Å². The first-order chi connectivity index (χ1) is 12.7. The number of nitrogens with one attached hydrogen (secondary N) is 1. The van der Waals surface area contributed by atoms with E-state index in [1.807, 2.05) is 55.6 Å². The van der Waals surface area contributed by atoms with E-state index in [4.69, 9.17) is 0 Å². The summed E-state index contributed by atoms with van der Waals surface area (Å²) in [6, 6.07) is 25.9. The third-order valence-corrected chi connectivity index (χ3v) is 4.45. The Balaban J connectivity index is 1.70. The topological polar surface area (TPSA) is 49.0 Å². The number of hydrogen-bond donors (Lipinski definition) is 1. The molecule has 0 saturated heterocycles. The molecule has 4 heteroatoms. The minimum Gasteiger partial charge on any atom is -0.367 e. The van der Waals surface area contributed by atoms with Crippen LogP contribution in [0.15, 0.2) is 83.7 Å². The molecular weight excluding hydrogens is 322 g/mol. The Morgan fingerprint density at radius 2 is 1.58 bits per heavy atom. The van der Waals surface area contributed by atoms with Gasteiger partial charge in [0, 0.05) is 18.3 Å². The fraction of sp³-hybridized carbons (Fsp3) is 0.0909. The molecule has 0 aliphatic rings. The molecule has 1 heterocycles. The van der Waals surface area contributed by atoms with E-state index in [0.717, 1.165) is 22.3 Å². The third kappa shape index (κ3) is 3.09. The number of fused-ring (bicyclic) bond motifs is 1. The average molecular weight is 341 g/mol. The van der Waals surface area contributed by atoms with Crippen LogP contribution >= 0.6 is 0 Å². The Morgan fingerprint density at radius 3 is 2.42 bits per heavy atom. The first kappa shape index (κ1) is 16.1. The zero-order chi connectivity index (χ0) is 17.9. The molecule has 0 amide bonds. The Bertz CT molecular complexity index is 1100. The van der Waals surface area contributed by atoms with Crippen LogP contribution in [0, 0.1) is 0 Å². The van der Waals surface area contributed by atoms with Crippen LogP contribution in [-0.2, 0) is 6.54 Å². The van der Waals surface area contributed by atoms with E-state index in [1.54, 1.807) is 6.07 Å². The van der Waals surface area contributed by atoms with Crippen molar-refractivity contribution < 1.29 is 0 Å². The van der Waals surface area contributed by atoms with E-state index in [-0.39, 0.29) is 5.56 Å². The lowest BCUT2D eigenvalue weighted by Gasteiger charge is -2.22. The monoisotopic (exact) mass is 341 g/mol. The molecule has 3 aromatic carbocycles. The predicted octanol–water partition coefficient (Wildman–Crippen LogP) is 4.23. The molecule has 1 aromatic heterocycles. The quantitative estimate of drug-likeness (QED) is 0.604. The highest BCUT2D eigenvalue weighted by molar-refractivity contribution is 5.79. The van der Waals surface area contributed by atoms with Gasteiger partial charge in [-0.1, -0.05) is 60.7 Å². The van der Waals surface area contributed by atoms with Crippen molar-refractivity contribution in [2.45, 2.75) is 6.54 Å². The van der Waals surface area contributed by atoms with Gasteiger partial charge in [0.25, 0.3) is 5.56 Å². The molecule has 4 nitrogen and oxygen atoms in total. The minimum atomic E-state index is -0.102. The van der Waals surface area contributed by atoms with E-state index >= 15 is 0 Å². The van der Waals surface area contributed by atoms with Crippen LogP contribution < -0.4 is 10.5 Å². The first-order valence-corrected chi connectivity index (χ1v) is 8.56. The largest absolute Gasteiger partial charge is 0.367 e. The van der Waals surface area contributed by atoms with Gasteiger partial charge in [-0.2, -0.15) is 0 Å². The van der Waals surface area contributed by atoms with Crippen molar-refractivity contribution in [3.8, 4) is 11.1 Å². The lowest BCUT2D eigenvalue weighted by Crippen LogP contribution is -2.22. The van der Waals surface area contributed by atoms with Gasteiger partial charge in [-0.25, -0.2) is 4.98 Å². The Kier molecular flexibility index (Phi) is 4.23. The molecule has 0 fully saturated rings. The predicted molar refractivity (Wildman–Crippen MR) is 106 cm³/mol. The smallest absolute Gasteiger partial charge is 0.258 e. The number of aromatic nitrogens is 2. The average Bonchev–Trinajstić information content (AvgIpc) is 2.69. The summed E-state index contributed by atoms with van der Waals surface area (Å²) in [4.78, 5) is 21.9. The molecule has 1 N–H and O–H groups in total. The van der Waals surface area contributed by atoms with Gasteiger partial charge in [-0.05, 0) is 23.8 Å². The van der Waals surface area contributed by atoms with Gasteiger partial charge in [0.2, 0.25) is 0 Å². The maximum atomic E-state index is 12.3. The van der Waals surface area contributed by atoms with E-state index in [1.165, 1.54) is 0 Å². The van der Waals surface area contributed by atoms with Crippen LogP contribution in [-0.4, -0.2) is 17.0 Å². The van der Waals surface area contributed by atoms with Crippen molar-refractivity contribution in [3.63, 3.8) is 0 Å². The van der Waals surface area contributed by atoms with Gasteiger partial charge >= 0.3 is 0 Å². The Morgan fingerprint density at radius 1 is 0.885 bits per heavy atom. The number of hydrogen-bond acceptors (Lipinski definition) is 3. The van der Waals surface area contributed by atoms with Crippen molar-refractivity contribution in [1.29, 1.82) is 0 Å². The highest BCUT2D eigenvalue weighted by Gasteiger charge is 2.11. The van der Waals surface area contributed by atoms with Crippen LogP contribution in [0.3, 0.4) is 0 Å². The van der Waals surface area contributed by atoms with Gasteiger partial charge in [0.1, 0.15) is 5.82 Å². The molecule has 4 aromatic rings. The summed E-state index contributed by atoms with van der Waals surface area (Å²) >= 11 is 0. The zero-order valence-corrected chi connectivity index (χ0v) is 14.5. The van der Waals surface area contributed by atoms with Crippen molar-refractivity contribution >= 4 is 16.6 Å². The van der Waals surface area contributed by atoms with E-state index in [0.29, 0.717) is 17.8 Å². The number of rotatable bonds is 4. The summed E-state index contributed by atoms with van der Waals surface area (Å²) in [5, 5.41) is 0.614. The maximum absolute atomic E-state index is 12.3. The van der Waals surface area contributed by atoms with Crippen LogP contribution in [0.1, 0.15) is 5.82 Å². The molecule has 0 atom stereocenters. The molecule has 0 spiro atoms. The molecule has 0 aliphatic carbocycles. The molecule has 26 heavy (non-hydrogen) atoms. The number of H-pyrrole nitrogens is 1. The summed E-state index contributed by atoms with van der Waals surface area (Å²) in [5.41, 5.74) is 4.02. The summed E-state index contributed by atoms with van der Waals surface area (Å²) in [7, 11) is 2.01. The number of benzene rings is 3. The standard InChI is InChI=1S/C22H19N3O/c1-25(15-21-23-19-13-7-5-12-18(19)22(26)24-21)20-14-8-6-11-17(20)16-9-3-2-4-10-16/h2-14H,15H2,1H3,(H,23,24,26). The minimum absolute atomic E-state index is 0.102. The van der Waals surface area contributed by atoms with Crippen LogP contribution in [0.5, 0.6) is 0 Å². The van der Waals surface area contributed by atoms with Crippen LogP contribution in [0.2, 0.25) is 0 Å². The Labute approximate surface area is 151 Å². The number of nitrogens with zero attached hydrogens (tertiary/aromatic N) is 2. The summed E-state index contributed by atoms with van der Waals surface area (Å²) < 4.78 is 0. The lowest BCUT2D eigenvalue weighted by atomic mass is 10.0. The van der Waals surface area contributed by atoms with Crippen LogP contribution in [0.25, 0.3) is 22.0 Å². The molecule has 0 saturated carbocycles. The van der Waals surface area contributed by atoms with Gasteiger partial charge < -0.3 is 9.88 Å². The second-order valence-electron chi connectivity index (χ2n) is 6.27. The van der Waals surface area contributed by atoms with Crippen LogP contribution in [0.4, 0.5) is 5.69 Å². The molecule has 4 rings (SSSR count). The van der Waals surface area contributed by atoms with E-state index < -0.39 is 0 Å². The highest BCUT2D eigenvalue weighted by atomic mass is 16.1.